The van der Waals surface area contributed by atoms with Crippen molar-refractivity contribution in [3.8, 4) is 16.3 Å². The highest BCUT2D eigenvalue weighted by Crippen LogP contribution is 2.26. The minimum Gasteiger partial charge on any atom is -0.497 e. The van der Waals surface area contributed by atoms with Gasteiger partial charge >= 0.3 is 0 Å². The molecular weight excluding hydrogens is 448 g/mol. The number of benzene rings is 1. The molecule has 0 saturated carbocycles. The smallest absolute Gasteiger partial charge is 0.255 e. The molecule has 0 aliphatic carbocycles. The van der Waals surface area contributed by atoms with Gasteiger partial charge in [0.25, 0.3) is 5.91 Å². The van der Waals surface area contributed by atoms with Crippen molar-refractivity contribution in [1.29, 1.82) is 0 Å². The van der Waals surface area contributed by atoms with Gasteiger partial charge in [0.1, 0.15) is 10.8 Å². The third kappa shape index (κ3) is 4.53. The van der Waals surface area contributed by atoms with Gasteiger partial charge in [-0.2, -0.15) is 5.10 Å². The number of ether oxygens (including phenoxy) is 1. The first kappa shape index (κ1) is 22.5. The van der Waals surface area contributed by atoms with Crippen molar-refractivity contribution < 1.29 is 9.53 Å². The Hall–Kier alpha value is -3.30. The third-order valence-corrected chi connectivity index (χ3v) is 7.04. The molecule has 0 radical (unpaired) electrons. The molecule has 9 heteroatoms. The van der Waals surface area contributed by atoms with Crippen LogP contribution < -0.4 is 4.74 Å². The largest absolute Gasteiger partial charge is 0.497 e. The van der Waals surface area contributed by atoms with E-state index in [1.54, 1.807) is 30.8 Å². The van der Waals surface area contributed by atoms with Crippen molar-refractivity contribution in [3.05, 3.63) is 59.4 Å². The number of piperazine rings is 1. The first-order valence-electron chi connectivity index (χ1n) is 11.5. The van der Waals surface area contributed by atoms with E-state index in [0.717, 1.165) is 52.7 Å². The van der Waals surface area contributed by atoms with Crippen molar-refractivity contribution >= 4 is 28.3 Å². The second kappa shape index (κ2) is 9.52. The van der Waals surface area contributed by atoms with E-state index in [0.29, 0.717) is 18.7 Å². The quantitative estimate of drug-likeness (QED) is 0.417. The van der Waals surface area contributed by atoms with Gasteiger partial charge in [0.05, 0.1) is 24.6 Å². The van der Waals surface area contributed by atoms with E-state index in [9.17, 15) is 4.79 Å². The maximum Gasteiger partial charge on any atom is 0.255 e. The molecule has 1 aromatic carbocycles. The molecule has 176 valence electrons. The summed E-state index contributed by atoms with van der Waals surface area (Å²) in [5, 5.41) is 8.43. The molecule has 34 heavy (non-hydrogen) atoms. The van der Waals surface area contributed by atoms with E-state index in [-0.39, 0.29) is 11.9 Å². The Bertz CT molecular complexity index is 1290. The van der Waals surface area contributed by atoms with Crippen LogP contribution in [0.5, 0.6) is 5.75 Å². The molecule has 1 saturated heterocycles. The maximum absolute atomic E-state index is 13.1. The molecule has 1 fully saturated rings. The van der Waals surface area contributed by atoms with Gasteiger partial charge in [-0.1, -0.05) is 0 Å². The molecule has 8 nitrogen and oxygen atoms in total. The number of rotatable bonds is 6. The number of hydrogen-bond acceptors (Lipinski definition) is 7. The summed E-state index contributed by atoms with van der Waals surface area (Å²) in [6.07, 6.45) is 3.46. The highest BCUT2D eigenvalue weighted by atomic mass is 32.1. The molecule has 0 N–H and O–H groups in total. The highest BCUT2D eigenvalue weighted by Gasteiger charge is 2.23. The van der Waals surface area contributed by atoms with Gasteiger partial charge in [0.2, 0.25) is 0 Å². The fourth-order valence-electron chi connectivity index (χ4n) is 4.20. The fourth-order valence-corrected chi connectivity index (χ4v) is 5.02. The van der Waals surface area contributed by atoms with Crippen molar-refractivity contribution in [2.45, 2.75) is 26.4 Å². The predicted molar refractivity (Wildman–Crippen MR) is 133 cm³/mol. The number of thiazole rings is 1. The van der Waals surface area contributed by atoms with Crippen molar-refractivity contribution in [2.24, 2.45) is 0 Å². The van der Waals surface area contributed by atoms with Crippen LogP contribution in [-0.2, 0) is 6.54 Å². The number of aromatic nitrogens is 4. The topological polar surface area (TPSA) is 76.4 Å². The zero-order valence-corrected chi connectivity index (χ0v) is 20.5. The molecule has 3 aromatic heterocycles. The summed E-state index contributed by atoms with van der Waals surface area (Å²) in [6, 6.07) is 10.1. The molecule has 5 rings (SSSR count). The van der Waals surface area contributed by atoms with Gasteiger partial charge in [-0.3, -0.25) is 9.69 Å². The van der Waals surface area contributed by atoms with E-state index in [1.165, 1.54) is 0 Å². The van der Waals surface area contributed by atoms with Crippen LogP contribution in [0.2, 0.25) is 0 Å². The predicted octanol–water partition coefficient (Wildman–Crippen LogP) is 4.10. The summed E-state index contributed by atoms with van der Waals surface area (Å²) in [6.45, 7) is 7.95. The lowest BCUT2D eigenvalue weighted by atomic mass is 10.2. The van der Waals surface area contributed by atoms with Gasteiger partial charge < -0.3 is 9.64 Å². The zero-order chi connectivity index (χ0) is 23.7. The SMILES string of the molecule is COc1ccc(-c2nc(CN3CCN(C(=O)c4cnc5c(cnn5C(C)C)c4)CC3)cs2)cc1. The Morgan fingerprint density at radius 3 is 2.59 bits per heavy atom. The number of carbonyl (C=O) groups excluding carboxylic acids is 1. The zero-order valence-electron chi connectivity index (χ0n) is 19.6. The maximum atomic E-state index is 13.1. The molecule has 1 aliphatic heterocycles. The molecule has 0 spiro atoms. The number of amides is 1. The van der Waals surface area contributed by atoms with Gasteiger partial charge in [-0.25, -0.2) is 14.6 Å². The van der Waals surface area contributed by atoms with Crippen molar-refractivity contribution in [1.82, 2.24) is 29.5 Å². The molecule has 0 atom stereocenters. The molecule has 1 aliphatic rings. The molecule has 0 bridgehead atoms. The van der Waals surface area contributed by atoms with Crippen LogP contribution in [0.25, 0.3) is 21.6 Å². The number of nitrogens with zero attached hydrogens (tertiary/aromatic N) is 6. The minimum absolute atomic E-state index is 0.0294. The summed E-state index contributed by atoms with van der Waals surface area (Å²) in [4.78, 5) is 26.7. The normalized spacial score (nSPS) is 14.8. The van der Waals surface area contributed by atoms with Crippen molar-refractivity contribution in [3.63, 3.8) is 0 Å². The molecule has 0 unspecified atom stereocenters. The lowest BCUT2D eigenvalue weighted by molar-refractivity contribution is 0.0627. The van der Waals surface area contributed by atoms with Crippen LogP contribution >= 0.6 is 11.3 Å². The number of hydrogen-bond donors (Lipinski definition) is 0. The summed E-state index contributed by atoms with van der Waals surface area (Å²) < 4.78 is 7.11. The van der Waals surface area contributed by atoms with E-state index >= 15 is 0 Å². The Kier molecular flexibility index (Phi) is 6.30. The summed E-state index contributed by atoms with van der Waals surface area (Å²) in [5.74, 6) is 0.871. The van der Waals surface area contributed by atoms with E-state index in [4.69, 9.17) is 9.72 Å². The Balaban J connectivity index is 1.18. The summed E-state index contributed by atoms with van der Waals surface area (Å²) in [5.41, 5.74) is 3.59. The van der Waals surface area contributed by atoms with Crippen molar-refractivity contribution in [2.75, 3.05) is 33.3 Å². The lowest BCUT2D eigenvalue weighted by Gasteiger charge is -2.34. The number of methoxy groups -OCH3 is 1. The average molecular weight is 477 g/mol. The Morgan fingerprint density at radius 1 is 1.12 bits per heavy atom. The van der Waals surface area contributed by atoms with Crippen LogP contribution in [0, 0.1) is 0 Å². The standard InChI is InChI=1S/C25H28N6O2S/c1-17(2)31-23-19(14-27-31)12-20(13-26-23)25(32)30-10-8-29(9-11-30)15-21-16-34-24(28-21)18-4-6-22(33-3)7-5-18/h4-7,12-14,16-17H,8-11,15H2,1-3H3. The summed E-state index contributed by atoms with van der Waals surface area (Å²) >= 11 is 1.65. The minimum atomic E-state index is 0.0294. The first-order valence-corrected chi connectivity index (χ1v) is 12.3. The molecule has 1 amide bonds. The second-order valence-electron chi connectivity index (χ2n) is 8.76. The van der Waals surface area contributed by atoms with Crippen LogP contribution in [-0.4, -0.2) is 68.7 Å². The monoisotopic (exact) mass is 476 g/mol. The Morgan fingerprint density at radius 2 is 1.88 bits per heavy atom. The van der Waals surface area contributed by atoms with Crippen LogP contribution in [0.3, 0.4) is 0 Å². The second-order valence-corrected chi connectivity index (χ2v) is 9.62. The molecule has 4 heterocycles. The number of pyridine rings is 1. The van der Waals surface area contributed by atoms with E-state index in [1.807, 2.05) is 39.9 Å². The van der Waals surface area contributed by atoms with Gasteiger partial charge in [-0.15, -0.1) is 11.3 Å². The number of fused-ring (bicyclic) bond motifs is 1. The fraction of sp³-hybridized carbons (Fsp3) is 0.360. The first-order chi connectivity index (χ1) is 16.5. The average Bonchev–Trinajstić information content (AvgIpc) is 3.51. The van der Waals surface area contributed by atoms with Gasteiger partial charge in [0.15, 0.2) is 5.65 Å². The Labute approximate surface area is 202 Å². The van der Waals surface area contributed by atoms with Gasteiger partial charge in [0, 0.05) is 61.3 Å². The third-order valence-electron chi connectivity index (χ3n) is 6.10. The van der Waals surface area contributed by atoms with E-state index in [2.05, 4.69) is 34.2 Å². The van der Waals surface area contributed by atoms with Gasteiger partial charge in [-0.05, 0) is 44.2 Å². The highest BCUT2D eigenvalue weighted by molar-refractivity contribution is 7.13. The molecular formula is C25H28N6O2S. The number of carbonyl (C=O) groups is 1. The van der Waals surface area contributed by atoms with Crippen LogP contribution in [0.1, 0.15) is 35.9 Å². The summed E-state index contributed by atoms with van der Waals surface area (Å²) in [7, 11) is 1.67. The van der Waals surface area contributed by atoms with E-state index < -0.39 is 0 Å². The lowest BCUT2D eigenvalue weighted by Crippen LogP contribution is -2.48. The van der Waals surface area contributed by atoms with Crippen LogP contribution in [0.4, 0.5) is 0 Å². The van der Waals surface area contributed by atoms with Crippen LogP contribution in [0.15, 0.2) is 48.1 Å². The molecule has 4 aromatic rings.